The molecule has 2 atom stereocenters. The number of aryl methyl sites for hydroxylation is 1. The zero-order chi connectivity index (χ0) is 12.4. The van der Waals surface area contributed by atoms with Gasteiger partial charge in [0.1, 0.15) is 0 Å². The lowest BCUT2D eigenvalue weighted by atomic mass is 9.98. The quantitative estimate of drug-likeness (QED) is 0.644. The zero-order valence-corrected chi connectivity index (χ0v) is 10.2. The minimum Gasteiger partial charge on any atom is -0.364 e. The van der Waals surface area contributed by atoms with Crippen LogP contribution in [0.15, 0.2) is 6.33 Å². The molecule has 6 nitrogen and oxygen atoms in total. The van der Waals surface area contributed by atoms with Gasteiger partial charge in [0.15, 0.2) is 0 Å². The summed E-state index contributed by atoms with van der Waals surface area (Å²) in [6.07, 6.45) is 5.21. The first-order valence-corrected chi connectivity index (χ1v) is 5.99. The molecule has 0 saturated heterocycles. The molecule has 6 heteroatoms. The Kier molecular flexibility index (Phi) is 3.31. The molecule has 2 rings (SSSR count). The first-order chi connectivity index (χ1) is 8.09. The molecule has 1 fully saturated rings. The third-order valence-corrected chi connectivity index (χ3v) is 3.66. The van der Waals surface area contributed by atoms with Gasteiger partial charge in [-0.05, 0) is 28.2 Å². The van der Waals surface area contributed by atoms with Crippen LogP contribution in [-0.2, 0) is 7.05 Å². The van der Waals surface area contributed by atoms with Crippen molar-refractivity contribution in [2.75, 3.05) is 11.9 Å². The number of hydrogen-bond acceptors (Lipinski definition) is 4. The fourth-order valence-corrected chi connectivity index (χ4v) is 2.51. The molecule has 1 aliphatic carbocycles. The average Bonchev–Trinajstić information content (AvgIpc) is 2.82. The van der Waals surface area contributed by atoms with Crippen molar-refractivity contribution in [3.05, 3.63) is 16.4 Å². The highest BCUT2D eigenvalue weighted by molar-refractivity contribution is 5.51. The first kappa shape index (κ1) is 11.9. The molecule has 1 heterocycles. The van der Waals surface area contributed by atoms with Crippen molar-refractivity contribution in [1.29, 1.82) is 0 Å². The Bertz CT molecular complexity index is 416. The molecule has 0 spiro atoms. The Morgan fingerprint density at radius 2 is 2.41 bits per heavy atom. The van der Waals surface area contributed by atoms with E-state index in [1.165, 1.54) is 25.6 Å². The minimum atomic E-state index is -0.444. The molecule has 17 heavy (non-hydrogen) atoms. The number of hydrogen-bond donors (Lipinski definition) is 1. The normalized spacial score (nSPS) is 23.9. The van der Waals surface area contributed by atoms with Gasteiger partial charge in [-0.25, -0.2) is 0 Å². The molecule has 1 aliphatic rings. The summed E-state index contributed by atoms with van der Waals surface area (Å²) in [6, 6.07) is 0. The van der Waals surface area contributed by atoms with E-state index in [-0.39, 0.29) is 5.82 Å². The second kappa shape index (κ2) is 4.73. The van der Waals surface area contributed by atoms with Gasteiger partial charge in [-0.2, -0.15) is 0 Å². The van der Waals surface area contributed by atoms with Crippen molar-refractivity contribution in [1.82, 2.24) is 9.55 Å². The van der Waals surface area contributed by atoms with Gasteiger partial charge >= 0.3 is 5.82 Å². The smallest absolute Gasteiger partial charge is 0.364 e. The number of nitro groups is 1. The molecule has 94 valence electrons. The van der Waals surface area contributed by atoms with Crippen LogP contribution in [0.2, 0.25) is 0 Å². The van der Waals surface area contributed by atoms with Crippen LogP contribution in [0.5, 0.6) is 0 Å². The zero-order valence-electron chi connectivity index (χ0n) is 10.2. The third-order valence-electron chi connectivity index (χ3n) is 3.66. The Labute approximate surface area is 100 Å². The van der Waals surface area contributed by atoms with Crippen LogP contribution in [0.4, 0.5) is 11.6 Å². The van der Waals surface area contributed by atoms with E-state index in [1.54, 1.807) is 11.6 Å². The number of imidazole rings is 1. The third kappa shape index (κ3) is 2.40. The second-order valence-electron chi connectivity index (χ2n) is 4.83. The monoisotopic (exact) mass is 238 g/mol. The molecule has 1 aromatic heterocycles. The maximum Gasteiger partial charge on any atom is 0.406 e. The molecular weight excluding hydrogens is 220 g/mol. The van der Waals surface area contributed by atoms with Gasteiger partial charge < -0.3 is 15.4 Å². The fourth-order valence-electron chi connectivity index (χ4n) is 2.51. The van der Waals surface area contributed by atoms with Crippen molar-refractivity contribution in [3.8, 4) is 0 Å². The molecule has 0 aromatic carbocycles. The van der Waals surface area contributed by atoms with E-state index in [1.807, 2.05) is 0 Å². The summed E-state index contributed by atoms with van der Waals surface area (Å²) >= 11 is 0. The fraction of sp³-hybridized carbons (Fsp3) is 0.727. The van der Waals surface area contributed by atoms with E-state index in [2.05, 4.69) is 17.2 Å². The van der Waals surface area contributed by atoms with Crippen LogP contribution in [0, 0.1) is 22.0 Å². The van der Waals surface area contributed by atoms with Crippen molar-refractivity contribution >= 4 is 11.6 Å². The van der Waals surface area contributed by atoms with E-state index < -0.39 is 4.92 Å². The van der Waals surface area contributed by atoms with E-state index in [9.17, 15) is 10.1 Å². The van der Waals surface area contributed by atoms with E-state index in [4.69, 9.17) is 0 Å². The van der Waals surface area contributed by atoms with Crippen LogP contribution in [-0.4, -0.2) is 21.0 Å². The standard InChI is InChI=1S/C11H18N4O2/c1-8-4-3-5-9(8)6-12-10-11(15(16)17)13-7-14(10)2/h7-9,12H,3-6H2,1-2H3. The lowest BCUT2D eigenvalue weighted by Crippen LogP contribution is -2.18. The maximum atomic E-state index is 10.8. The van der Waals surface area contributed by atoms with Crippen LogP contribution in [0.3, 0.4) is 0 Å². The summed E-state index contributed by atoms with van der Waals surface area (Å²) in [5.74, 6) is 1.74. The highest BCUT2D eigenvalue weighted by atomic mass is 16.6. The highest BCUT2D eigenvalue weighted by Gasteiger charge is 2.25. The Morgan fingerprint density at radius 1 is 1.65 bits per heavy atom. The number of anilines is 1. The van der Waals surface area contributed by atoms with Crippen molar-refractivity contribution < 1.29 is 4.92 Å². The van der Waals surface area contributed by atoms with E-state index in [0.29, 0.717) is 17.7 Å². The molecule has 1 aromatic rings. The van der Waals surface area contributed by atoms with Crippen molar-refractivity contribution in [3.63, 3.8) is 0 Å². The summed E-state index contributed by atoms with van der Waals surface area (Å²) < 4.78 is 1.66. The number of nitrogens with zero attached hydrogens (tertiary/aromatic N) is 3. The summed E-state index contributed by atoms with van der Waals surface area (Å²) in [6.45, 7) is 3.04. The molecule has 1 saturated carbocycles. The summed E-state index contributed by atoms with van der Waals surface area (Å²) in [5, 5.41) is 14.0. The van der Waals surface area contributed by atoms with Crippen LogP contribution in [0.1, 0.15) is 26.2 Å². The largest absolute Gasteiger partial charge is 0.406 e. The van der Waals surface area contributed by atoms with Gasteiger partial charge in [0, 0.05) is 13.6 Å². The molecule has 0 bridgehead atoms. The van der Waals surface area contributed by atoms with E-state index in [0.717, 1.165) is 6.54 Å². The molecule has 0 radical (unpaired) electrons. The summed E-state index contributed by atoms with van der Waals surface area (Å²) in [4.78, 5) is 14.1. The molecule has 2 unspecified atom stereocenters. The molecule has 0 aliphatic heterocycles. The van der Waals surface area contributed by atoms with Crippen molar-refractivity contribution in [2.24, 2.45) is 18.9 Å². The molecule has 1 N–H and O–H groups in total. The summed E-state index contributed by atoms with van der Waals surface area (Å²) in [5.41, 5.74) is 0. The lowest BCUT2D eigenvalue weighted by molar-refractivity contribution is -0.388. The first-order valence-electron chi connectivity index (χ1n) is 5.99. The minimum absolute atomic E-state index is 0.0850. The Morgan fingerprint density at radius 3 is 3.00 bits per heavy atom. The van der Waals surface area contributed by atoms with Gasteiger partial charge in [0.25, 0.3) is 0 Å². The van der Waals surface area contributed by atoms with Gasteiger partial charge in [-0.3, -0.25) is 4.57 Å². The second-order valence-corrected chi connectivity index (χ2v) is 4.83. The van der Waals surface area contributed by atoms with Crippen molar-refractivity contribution in [2.45, 2.75) is 26.2 Å². The Hall–Kier alpha value is -1.59. The van der Waals surface area contributed by atoms with E-state index >= 15 is 0 Å². The van der Waals surface area contributed by atoms with Crippen LogP contribution in [0.25, 0.3) is 0 Å². The Balaban J connectivity index is 2.03. The van der Waals surface area contributed by atoms with Crippen LogP contribution >= 0.6 is 0 Å². The predicted octanol–water partition coefficient (Wildman–Crippen LogP) is 2.18. The van der Waals surface area contributed by atoms with Gasteiger partial charge in [0.05, 0.1) is 0 Å². The maximum absolute atomic E-state index is 10.8. The highest BCUT2D eigenvalue weighted by Crippen LogP contribution is 2.32. The number of nitrogens with one attached hydrogen (secondary N) is 1. The predicted molar refractivity (Wildman–Crippen MR) is 64.9 cm³/mol. The molecule has 0 amide bonds. The number of rotatable bonds is 4. The van der Waals surface area contributed by atoms with Crippen LogP contribution < -0.4 is 5.32 Å². The molecular formula is C11H18N4O2. The SMILES string of the molecule is CC1CCCC1CNc1c([N+](=O)[O-])ncn1C. The number of aromatic nitrogens is 2. The van der Waals surface area contributed by atoms with Gasteiger partial charge in [-0.1, -0.05) is 19.8 Å². The van der Waals surface area contributed by atoms with Gasteiger partial charge in [0.2, 0.25) is 12.1 Å². The lowest BCUT2D eigenvalue weighted by Gasteiger charge is -2.16. The topological polar surface area (TPSA) is 73.0 Å². The summed E-state index contributed by atoms with van der Waals surface area (Å²) in [7, 11) is 1.76. The average molecular weight is 238 g/mol. The van der Waals surface area contributed by atoms with Gasteiger partial charge in [-0.15, -0.1) is 0 Å².